The van der Waals surface area contributed by atoms with E-state index >= 15 is 0 Å². The van der Waals surface area contributed by atoms with E-state index in [2.05, 4.69) is 29.2 Å². The number of unbranched alkanes of at least 4 members (excludes halogenated alkanes) is 2. The molecule has 0 aliphatic carbocycles. The Kier molecular flexibility index (Phi) is 8.07. The van der Waals surface area contributed by atoms with E-state index in [0.29, 0.717) is 6.42 Å². The molecular formula is C15H31N3O. The molecule has 0 unspecified atom stereocenters. The average Bonchev–Trinajstić information content (AvgIpc) is 2.42. The molecule has 0 atom stereocenters. The first-order chi connectivity index (χ1) is 9.13. The van der Waals surface area contributed by atoms with Crippen molar-refractivity contribution in [3.63, 3.8) is 0 Å². The zero-order valence-electron chi connectivity index (χ0n) is 13.0. The molecule has 4 nitrogen and oxygen atoms in total. The van der Waals surface area contributed by atoms with E-state index < -0.39 is 0 Å². The average molecular weight is 269 g/mol. The summed E-state index contributed by atoms with van der Waals surface area (Å²) in [5, 5.41) is 2.93. The van der Waals surface area contributed by atoms with Crippen LogP contribution in [0.3, 0.4) is 0 Å². The first-order valence-corrected chi connectivity index (χ1v) is 7.79. The van der Waals surface area contributed by atoms with Gasteiger partial charge in [-0.3, -0.25) is 4.79 Å². The van der Waals surface area contributed by atoms with Crippen molar-refractivity contribution in [3.8, 4) is 0 Å². The van der Waals surface area contributed by atoms with Crippen LogP contribution < -0.4 is 5.32 Å². The molecule has 1 fully saturated rings. The van der Waals surface area contributed by atoms with E-state index in [4.69, 9.17) is 0 Å². The van der Waals surface area contributed by atoms with Crippen molar-refractivity contribution in [2.24, 2.45) is 0 Å². The molecule has 0 aromatic carbocycles. The number of amides is 1. The van der Waals surface area contributed by atoms with Crippen LogP contribution in [0.15, 0.2) is 0 Å². The van der Waals surface area contributed by atoms with Gasteiger partial charge in [0.2, 0.25) is 5.91 Å². The van der Waals surface area contributed by atoms with Crippen LogP contribution in [0, 0.1) is 0 Å². The second-order valence-corrected chi connectivity index (χ2v) is 5.78. The van der Waals surface area contributed by atoms with Gasteiger partial charge in [0, 0.05) is 19.0 Å². The monoisotopic (exact) mass is 269 g/mol. The predicted molar refractivity (Wildman–Crippen MR) is 80.3 cm³/mol. The number of hydrogen-bond acceptors (Lipinski definition) is 3. The minimum atomic E-state index is 0.170. The normalized spacial score (nSPS) is 17.9. The molecule has 112 valence electrons. The summed E-state index contributed by atoms with van der Waals surface area (Å²) in [6.45, 7) is 6.39. The van der Waals surface area contributed by atoms with Crippen LogP contribution in [0.2, 0.25) is 0 Å². The smallest absolute Gasteiger partial charge is 0.219 e. The second-order valence-electron chi connectivity index (χ2n) is 5.78. The number of carbonyl (C=O) groups excluding carboxylic acids is 1. The first kappa shape index (κ1) is 16.4. The number of piperidine rings is 1. The van der Waals surface area contributed by atoms with E-state index in [1.807, 2.05) is 6.92 Å². The predicted octanol–water partition coefficient (Wildman–Crippen LogP) is 1.71. The van der Waals surface area contributed by atoms with E-state index in [1.54, 1.807) is 0 Å². The Bertz CT molecular complexity index is 250. The minimum absolute atomic E-state index is 0.170. The highest BCUT2D eigenvalue weighted by atomic mass is 16.1. The maximum absolute atomic E-state index is 11.1. The topological polar surface area (TPSA) is 35.6 Å². The zero-order valence-corrected chi connectivity index (χ0v) is 13.0. The van der Waals surface area contributed by atoms with E-state index in [0.717, 1.165) is 19.0 Å². The van der Waals surface area contributed by atoms with Gasteiger partial charge in [-0.1, -0.05) is 13.3 Å². The SMILES string of the molecule is CCC(=O)NCCCCCN(C)C1CCN(C)CC1. The number of hydrogen-bond donors (Lipinski definition) is 1. The molecule has 0 spiro atoms. The third-order valence-electron chi connectivity index (χ3n) is 4.14. The molecule has 1 heterocycles. The fraction of sp³-hybridized carbons (Fsp3) is 0.933. The highest BCUT2D eigenvalue weighted by Crippen LogP contribution is 2.14. The zero-order chi connectivity index (χ0) is 14.1. The van der Waals surface area contributed by atoms with Crippen LogP contribution in [-0.2, 0) is 4.79 Å². The van der Waals surface area contributed by atoms with Crippen LogP contribution in [0.5, 0.6) is 0 Å². The third kappa shape index (κ3) is 6.92. The minimum Gasteiger partial charge on any atom is -0.356 e. The van der Waals surface area contributed by atoms with Crippen molar-refractivity contribution >= 4 is 5.91 Å². The molecule has 1 amide bonds. The summed E-state index contributed by atoms with van der Waals surface area (Å²) in [4.78, 5) is 16.0. The largest absolute Gasteiger partial charge is 0.356 e. The molecule has 1 saturated heterocycles. The lowest BCUT2D eigenvalue weighted by atomic mass is 10.0. The van der Waals surface area contributed by atoms with Gasteiger partial charge in [-0.25, -0.2) is 0 Å². The van der Waals surface area contributed by atoms with Gasteiger partial charge in [0.15, 0.2) is 0 Å². The number of rotatable bonds is 8. The summed E-state index contributed by atoms with van der Waals surface area (Å²) in [5.41, 5.74) is 0. The Balaban J connectivity index is 1.98. The van der Waals surface area contributed by atoms with Crippen molar-refractivity contribution in [2.45, 2.75) is 51.5 Å². The van der Waals surface area contributed by atoms with Gasteiger partial charge in [-0.2, -0.15) is 0 Å². The Morgan fingerprint density at radius 2 is 1.95 bits per heavy atom. The van der Waals surface area contributed by atoms with Crippen LogP contribution in [0.1, 0.15) is 45.4 Å². The molecular weight excluding hydrogens is 238 g/mol. The Morgan fingerprint density at radius 3 is 2.58 bits per heavy atom. The molecule has 1 N–H and O–H groups in total. The summed E-state index contributed by atoms with van der Waals surface area (Å²) >= 11 is 0. The van der Waals surface area contributed by atoms with E-state index in [9.17, 15) is 4.79 Å². The highest BCUT2D eigenvalue weighted by Gasteiger charge is 2.19. The van der Waals surface area contributed by atoms with Crippen molar-refractivity contribution in [2.75, 3.05) is 40.3 Å². The van der Waals surface area contributed by atoms with Crippen LogP contribution in [0.4, 0.5) is 0 Å². The molecule has 1 aliphatic rings. The van der Waals surface area contributed by atoms with Gasteiger partial charge in [-0.15, -0.1) is 0 Å². The number of carbonyl (C=O) groups is 1. The molecule has 4 heteroatoms. The fourth-order valence-electron chi connectivity index (χ4n) is 2.63. The van der Waals surface area contributed by atoms with Crippen LogP contribution in [0.25, 0.3) is 0 Å². The van der Waals surface area contributed by atoms with Gasteiger partial charge < -0.3 is 15.1 Å². The standard InChI is InChI=1S/C15H31N3O/c1-4-15(19)16-10-6-5-7-11-18(3)14-8-12-17(2)13-9-14/h14H,4-13H2,1-3H3,(H,16,19). The van der Waals surface area contributed by atoms with Crippen molar-refractivity contribution in [3.05, 3.63) is 0 Å². The number of likely N-dealkylation sites (tertiary alicyclic amines) is 1. The Labute approximate surface area is 118 Å². The molecule has 0 aromatic rings. The molecule has 0 aromatic heterocycles. The fourth-order valence-corrected chi connectivity index (χ4v) is 2.63. The van der Waals surface area contributed by atoms with Crippen LogP contribution >= 0.6 is 0 Å². The van der Waals surface area contributed by atoms with Gasteiger partial charge in [-0.05, 0) is 59.4 Å². The van der Waals surface area contributed by atoms with Gasteiger partial charge >= 0.3 is 0 Å². The highest BCUT2D eigenvalue weighted by molar-refractivity contribution is 5.75. The summed E-state index contributed by atoms with van der Waals surface area (Å²) in [6.07, 6.45) is 6.76. The quantitative estimate of drug-likeness (QED) is 0.681. The molecule has 19 heavy (non-hydrogen) atoms. The molecule has 0 radical (unpaired) electrons. The second kappa shape index (κ2) is 9.32. The Morgan fingerprint density at radius 1 is 1.26 bits per heavy atom. The van der Waals surface area contributed by atoms with Crippen molar-refractivity contribution in [1.29, 1.82) is 0 Å². The third-order valence-corrected chi connectivity index (χ3v) is 4.14. The maximum Gasteiger partial charge on any atom is 0.219 e. The van der Waals surface area contributed by atoms with Gasteiger partial charge in [0.25, 0.3) is 0 Å². The summed E-state index contributed by atoms with van der Waals surface area (Å²) in [6, 6.07) is 0.774. The molecule has 0 bridgehead atoms. The van der Waals surface area contributed by atoms with Crippen molar-refractivity contribution in [1.82, 2.24) is 15.1 Å². The van der Waals surface area contributed by atoms with Gasteiger partial charge in [0.05, 0.1) is 0 Å². The molecule has 1 aliphatic heterocycles. The number of nitrogens with zero attached hydrogens (tertiary/aromatic N) is 2. The summed E-state index contributed by atoms with van der Waals surface area (Å²) in [7, 11) is 4.47. The summed E-state index contributed by atoms with van der Waals surface area (Å²) in [5.74, 6) is 0.170. The lowest BCUT2D eigenvalue weighted by Gasteiger charge is -2.35. The number of nitrogens with one attached hydrogen (secondary N) is 1. The van der Waals surface area contributed by atoms with Crippen LogP contribution in [-0.4, -0.2) is 62.0 Å². The van der Waals surface area contributed by atoms with Gasteiger partial charge in [0.1, 0.15) is 0 Å². The maximum atomic E-state index is 11.1. The molecule has 1 rings (SSSR count). The van der Waals surface area contributed by atoms with E-state index in [-0.39, 0.29) is 5.91 Å². The summed E-state index contributed by atoms with van der Waals surface area (Å²) < 4.78 is 0. The van der Waals surface area contributed by atoms with Crippen molar-refractivity contribution < 1.29 is 4.79 Å². The Hall–Kier alpha value is -0.610. The van der Waals surface area contributed by atoms with E-state index in [1.165, 1.54) is 45.3 Å². The lowest BCUT2D eigenvalue weighted by molar-refractivity contribution is -0.120. The first-order valence-electron chi connectivity index (χ1n) is 7.79. The lowest BCUT2D eigenvalue weighted by Crippen LogP contribution is -2.42. The molecule has 0 saturated carbocycles.